The molecule has 2 heterocycles. The van der Waals surface area contributed by atoms with Crippen LogP contribution in [-0.4, -0.2) is 35.5 Å². The van der Waals surface area contributed by atoms with E-state index in [-0.39, 0.29) is 12.1 Å². The maximum absolute atomic E-state index is 13.2. The number of aromatic nitrogens is 2. The molecule has 1 aliphatic rings. The lowest BCUT2D eigenvalue weighted by molar-refractivity contribution is -0.138. The predicted molar refractivity (Wildman–Crippen MR) is 85.6 cm³/mol. The molecule has 0 bridgehead atoms. The zero-order valence-corrected chi connectivity index (χ0v) is 13.6. The van der Waals surface area contributed by atoms with Gasteiger partial charge in [-0.2, -0.15) is 13.2 Å². The summed E-state index contributed by atoms with van der Waals surface area (Å²) in [5, 5.41) is 0. The normalized spacial score (nSPS) is 15.2. The lowest BCUT2D eigenvalue weighted by atomic mass is 10.0. The van der Waals surface area contributed by atoms with Gasteiger partial charge in [0.05, 0.1) is 11.3 Å². The number of benzene rings is 1. The summed E-state index contributed by atoms with van der Waals surface area (Å²) in [6.45, 7) is 1.77. The first kappa shape index (κ1) is 16.7. The summed E-state index contributed by atoms with van der Waals surface area (Å²) in [5.41, 5.74) is 1.62. The minimum Gasteiger partial charge on any atom is -0.355 e. The number of fused-ring (bicyclic) bond motifs is 1. The molecule has 0 amide bonds. The van der Waals surface area contributed by atoms with Crippen molar-refractivity contribution < 1.29 is 13.2 Å². The molecule has 1 aliphatic heterocycles. The number of nitrogens with zero attached hydrogens (tertiary/aromatic N) is 4. The lowest BCUT2D eigenvalue weighted by Crippen LogP contribution is -2.30. The van der Waals surface area contributed by atoms with E-state index in [9.17, 15) is 13.2 Å². The highest BCUT2D eigenvalue weighted by Crippen LogP contribution is 2.33. The monoisotopic (exact) mass is 336 g/mol. The summed E-state index contributed by atoms with van der Waals surface area (Å²) in [4.78, 5) is 12.6. The Labute approximate surface area is 138 Å². The molecular formula is C17H19F3N4. The average molecular weight is 336 g/mol. The fourth-order valence-corrected chi connectivity index (χ4v) is 3.06. The van der Waals surface area contributed by atoms with Crippen molar-refractivity contribution in [2.45, 2.75) is 25.7 Å². The van der Waals surface area contributed by atoms with Crippen LogP contribution in [0.2, 0.25) is 0 Å². The van der Waals surface area contributed by atoms with E-state index < -0.39 is 11.7 Å². The first-order valence-corrected chi connectivity index (χ1v) is 7.74. The van der Waals surface area contributed by atoms with Gasteiger partial charge in [-0.15, -0.1) is 0 Å². The van der Waals surface area contributed by atoms with Gasteiger partial charge >= 0.3 is 6.18 Å². The summed E-state index contributed by atoms with van der Waals surface area (Å²) in [5.74, 6) is 0.713. The van der Waals surface area contributed by atoms with Gasteiger partial charge in [0.15, 0.2) is 0 Å². The number of rotatable bonds is 3. The van der Waals surface area contributed by atoms with E-state index >= 15 is 0 Å². The molecule has 0 aliphatic carbocycles. The number of likely N-dealkylation sites (N-methyl/N-ethyl adjacent to an activating group) is 1. The zero-order valence-electron chi connectivity index (χ0n) is 13.6. The topological polar surface area (TPSA) is 32.3 Å². The third-order valence-electron chi connectivity index (χ3n) is 4.27. The summed E-state index contributed by atoms with van der Waals surface area (Å²) in [7, 11) is 3.79. The smallest absolute Gasteiger partial charge is 0.355 e. The van der Waals surface area contributed by atoms with Gasteiger partial charge in [-0.05, 0) is 25.1 Å². The largest absolute Gasteiger partial charge is 0.416 e. The second kappa shape index (κ2) is 6.39. The van der Waals surface area contributed by atoms with Crippen molar-refractivity contribution >= 4 is 5.82 Å². The molecule has 4 nitrogen and oxygen atoms in total. The molecule has 0 saturated carbocycles. The van der Waals surface area contributed by atoms with E-state index in [1.165, 1.54) is 18.5 Å². The lowest BCUT2D eigenvalue weighted by Gasteiger charge is -2.29. The highest BCUT2D eigenvalue weighted by atomic mass is 19.4. The molecule has 7 heteroatoms. The van der Waals surface area contributed by atoms with Gasteiger partial charge in [0, 0.05) is 32.2 Å². The second-order valence-electron chi connectivity index (χ2n) is 6.12. The maximum atomic E-state index is 13.2. The average Bonchev–Trinajstić information content (AvgIpc) is 2.53. The fraction of sp³-hybridized carbons (Fsp3) is 0.412. The number of anilines is 1. The molecule has 2 aromatic rings. The van der Waals surface area contributed by atoms with Gasteiger partial charge in [0.2, 0.25) is 0 Å². The Morgan fingerprint density at radius 3 is 2.71 bits per heavy atom. The third kappa shape index (κ3) is 3.36. The standard InChI is InChI=1S/C17H19F3N4/c1-23-8-7-13-15(10-23)21-11-22-16(13)24(2)9-12-5-3-4-6-14(12)17(18,19)20/h3-6,11H,7-10H2,1-2H3. The molecule has 128 valence electrons. The van der Waals surface area contributed by atoms with E-state index in [1.54, 1.807) is 18.0 Å². The Bertz CT molecular complexity index is 730. The minimum atomic E-state index is -4.36. The molecule has 0 radical (unpaired) electrons. The Balaban J connectivity index is 1.90. The van der Waals surface area contributed by atoms with Crippen LogP contribution in [0.3, 0.4) is 0 Å². The van der Waals surface area contributed by atoms with Crippen LogP contribution in [0, 0.1) is 0 Å². The Morgan fingerprint density at radius 1 is 1.21 bits per heavy atom. The summed E-state index contributed by atoms with van der Waals surface area (Å²) in [6.07, 6.45) is -2.07. The number of hydrogen-bond donors (Lipinski definition) is 0. The fourth-order valence-electron chi connectivity index (χ4n) is 3.06. The van der Waals surface area contributed by atoms with Crippen LogP contribution in [0.5, 0.6) is 0 Å². The predicted octanol–water partition coefficient (Wildman–Crippen LogP) is 3.12. The van der Waals surface area contributed by atoms with Crippen LogP contribution in [0.15, 0.2) is 30.6 Å². The van der Waals surface area contributed by atoms with E-state index in [0.29, 0.717) is 5.82 Å². The van der Waals surface area contributed by atoms with Gasteiger partial charge < -0.3 is 9.80 Å². The third-order valence-corrected chi connectivity index (χ3v) is 4.27. The van der Waals surface area contributed by atoms with Crippen LogP contribution in [0.1, 0.15) is 22.4 Å². The molecule has 0 N–H and O–H groups in total. The van der Waals surface area contributed by atoms with Crippen LogP contribution < -0.4 is 4.90 Å². The maximum Gasteiger partial charge on any atom is 0.416 e. The van der Waals surface area contributed by atoms with Crippen LogP contribution in [0.4, 0.5) is 19.0 Å². The van der Waals surface area contributed by atoms with Crippen LogP contribution >= 0.6 is 0 Å². The Hall–Kier alpha value is -2.15. The van der Waals surface area contributed by atoms with E-state index in [2.05, 4.69) is 14.9 Å². The minimum absolute atomic E-state index is 0.148. The highest BCUT2D eigenvalue weighted by Gasteiger charge is 2.33. The molecular weight excluding hydrogens is 317 g/mol. The quantitative estimate of drug-likeness (QED) is 0.862. The number of alkyl halides is 3. The van der Waals surface area contributed by atoms with Crippen molar-refractivity contribution in [3.8, 4) is 0 Å². The van der Waals surface area contributed by atoms with Crippen molar-refractivity contribution in [1.29, 1.82) is 0 Å². The zero-order chi connectivity index (χ0) is 17.3. The first-order chi connectivity index (χ1) is 11.4. The Kier molecular flexibility index (Phi) is 4.45. The molecule has 0 unspecified atom stereocenters. The molecule has 0 fully saturated rings. The summed E-state index contributed by atoms with van der Waals surface area (Å²) >= 11 is 0. The van der Waals surface area contributed by atoms with E-state index in [0.717, 1.165) is 36.8 Å². The van der Waals surface area contributed by atoms with Crippen molar-refractivity contribution in [2.24, 2.45) is 0 Å². The van der Waals surface area contributed by atoms with Gasteiger partial charge in [0.1, 0.15) is 12.1 Å². The Morgan fingerprint density at radius 2 is 1.96 bits per heavy atom. The summed E-state index contributed by atoms with van der Waals surface area (Å²) < 4.78 is 39.5. The van der Waals surface area contributed by atoms with Gasteiger partial charge in [-0.3, -0.25) is 0 Å². The molecule has 3 rings (SSSR count). The molecule has 24 heavy (non-hydrogen) atoms. The SMILES string of the molecule is CN1CCc2c(ncnc2N(C)Cc2ccccc2C(F)(F)F)C1. The number of hydrogen-bond acceptors (Lipinski definition) is 4. The summed E-state index contributed by atoms with van der Waals surface area (Å²) in [6, 6.07) is 5.67. The van der Waals surface area contributed by atoms with Gasteiger partial charge in [-0.1, -0.05) is 18.2 Å². The molecule has 0 atom stereocenters. The van der Waals surface area contributed by atoms with Crippen molar-refractivity contribution in [1.82, 2.24) is 14.9 Å². The van der Waals surface area contributed by atoms with Crippen molar-refractivity contribution in [2.75, 3.05) is 25.5 Å². The van der Waals surface area contributed by atoms with E-state index in [4.69, 9.17) is 0 Å². The molecule has 1 aromatic carbocycles. The highest BCUT2D eigenvalue weighted by molar-refractivity contribution is 5.50. The van der Waals surface area contributed by atoms with Crippen molar-refractivity contribution in [3.63, 3.8) is 0 Å². The van der Waals surface area contributed by atoms with Crippen LogP contribution in [-0.2, 0) is 25.7 Å². The number of halogens is 3. The molecule has 0 saturated heterocycles. The molecule has 0 spiro atoms. The van der Waals surface area contributed by atoms with Crippen molar-refractivity contribution in [3.05, 3.63) is 53.0 Å². The molecule has 1 aromatic heterocycles. The van der Waals surface area contributed by atoms with Crippen LogP contribution in [0.25, 0.3) is 0 Å². The first-order valence-electron chi connectivity index (χ1n) is 7.74. The van der Waals surface area contributed by atoms with E-state index in [1.807, 2.05) is 7.05 Å². The second-order valence-corrected chi connectivity index (χ2v) is 6.12. The van der Waals surface area contributed by atoms with Gasteiger partial charge in [0.25, 0.3) is 0 Å². The van der Waals surface area contributed by atoms with Gasteiger partial charge in [-0.25, -0.2) is 9.97 Å².